The normalized spacial score (nSPS) is 21.3. The third-order valence-electron chi connectivity index (χ3n) is 3.64. The number of halogens is 1. The first kappa shape index (κ1) is 12.9. The van der Waals surface area contributed by atoms with Gasteiger partial charge in [-0.3, -0.25) is 4.90 Å². The van der Waals surface area contributed by atoms with Gasteiger partial charge in [0.2, 0.25) is 0 Å². The summed E-state index contributed by atoms with van der Waals surface area (Å²) in [6.45, 7) is 8.11. The fraction of sp³-hybridized carbons (Fsp3) is 0.571. The molecule has 3 heteroatoms. The molecule has 94 valence electrons. The molecule has 2 nitrogen and oxygen atoms in total. The molecule has 1 fully saturated rings. The molecular formula is C14H21BrN2. The van der Waals surface area contributed by atoms with E-state index in [1.165, 1.54) is 25.1 Å². The minimum atomic E-state index is 0.799. The van der Waals surface area contributed by atoms with Crippen LogP contribution in [-0.4, -0.2) is 18.0 Å². The number of hydrogen-bond acceptors (Lipinski definition) is 2. The quantitative estimate of drug-likeness (QED) is 0.865. The average Bonchev–Trinajstić information content (AvgIpc) is 2.64. The van der Waals surface area contributed by atoms with Crippen molar-refractivity contribution in [1.82, 2.24) is 4.90 Å². The van der Waals surface area contributed by atoms with Crippen LogP contribution in [0.4, 0.5) is 5.69 Å². The smallest absolute Gasteiger partial charge is 0.0328 e. The van der Waals surface area contributed by atoms with Gasteiger partial charge in [0.25, 0.3) is 0 Å². The molecule has 1 aromatic carbocycles. The number of benzene rings is 1. The number of likely N-dealkylation sites (tertiary alicyclic amines) is 1. The number of anilines is 1. The maximum atomic E-state index is 5.86. The Morgan fingerprint density at radius 3 is 2.76 bits per heavy atom. The van der Waals surface area contributed by atoms with Gasteiger partial charge in [0, 0.05) is 23.2 Å². The fourth-order valence-corrected chi connectivity index (χ4v) is 3.13. The highest BCUT2D eigenvalue weighted by atomic mass is 79.9. The van der Waals surface area contributed by atoms with Gasteiger partial charge in [-0.05, 0) is 48.6 Å². The molecule has 0 bridgehead atoms. The minimum Gasteiger partial charge on any atom is -0.399 e. The highest BCUT2D eigenvalue weighted by molar-refractivity contribution is 9.10. The maximum absolute atomic E-state index is 5.86. The van der Waals surface area contributed by atoms with Crippen molar-refractivity contribution in [1.29, 1.82) is 0 Å². The summed E-state index contributed by atoms with van der Waals surface area (Å²) < 4.78 is 1.08. The number of nitrogens with two attached hydrogens (primary N) is 1. The Morgan fingerprint density at radius 1 is 1.41 bits per heavy atom. The van der Waals surface area contributed by atoms with E-state index in [0.29, 0.717) is 0 Å². The molecular weight excluding hydrogens is 276 g/mol. The molecule has 1 aliphatic heterocycles. The van der Waals surface area contributed by atoms with Gasteiger partial charge in [0.05, 0.1) is 0 Å². The van der Waals surface area contributed by atoms with Crippen molar-refractivity contribution in [3.8, 4) is 0 Å². The number of nitrogen functional groups attached to an aromatic ring is 1. The van der Waals surface area contributed by atoms with E-state index in [4.69, 9.17) is 5.73 Å². The second-order valence-corrected chi connectivity index (χ2v) is 6.34. The summed E-state index contributed by atoms with van der Waals surface area (Å²) in [5.74, 6) is 1.66. The molecule has 0 radical (unpaired) electrons. The van der Waals surface area contributed by atoms with Gasteiger partial charge in [0.1, 0.15) is 0 Å². The highest BCUT2D eigenvalue weighted by Crippen LogP contribution is 2.26. The molecule has 1 aliphatic rings. The van der Waals surface area contributed by atoms with E-state index in [0.717, 1.165) is 28.5 Å². The van der Waals surface area contributed by atoms with Gasteiger partial charge in [-0.25, -0.2) is 0 Å². The second kappa shape index (κ2) is 5.40. The summed E-state index contributed by atoms with van der Waals surface area (Å²) in [6.07, 6.45) is 1.33. The summed E-state index contributed by atoms with van der Waals surface area (Å²) in [7, 11) is 0. The Labute approximate surface area is 112 Å². The molecule has 0 saturated carbocycles. The first-order chi connectivity index (χ1) is 8.04. The molecule has 1 unspecified atom stereocenters. The maximum Gasteiger partial charge on any atom is 0.0328 e. The van der Waals surface area contributed by atoms with Gasteiger partial charge >= 0.3 is 0 Å². The van der Waals surface area contributed by atoms with Crippen LogP contribution in [-0.2, 0) is 6.54 Å². The molecule has 1 saturated heterocycles. The molecule has 0 aliphatic carbocycles. The second-order valence-electron chi connectivity index (χ2n) is 5.42. The number of rotatable bonds is 3. The molecule has 17 heavy (non-hydrogen) atoms. The van der Waals surface area contributed by atoms with E-state index >= 15 is 0 Å². The third kappa shape index (κ3) is 3.46. The van der Waals surface area contributed by atoms with Crippen LogP contribution in [0.1, 0.15) is 25.8 Å². The van der Waals surface area contributed by atoms with E-state index in [9.17, 15) is 0 Å². The van der Waals surface area contributed by atoms with E-state index in [-0.39, 0.29) is 0 Å². The highest BCUT2D eigenvalue weighted by Gasteiger charge is 2.24. The average molecular weight is 297 g/mol. The Balaban J connectivity index is 1.98. The van der Waals surface area contributed by atoms with Crippen LogP contribution >= 0.6 is 15.9 Å². The first-order valence-corrected chi connectivity index (χ1v) is 7.11. The third-order valence-corrected chi connectivity index (χ3v) is 4.10. The lowest BCUT2D eigenvalue weighted by Gasteiger charge is -2.18. The van der Waals surface area contributed by atoms with E-state index in [2.05, 4.69) is 46.8 Å². The van der Waals surface area contributed by atoms with E-state index in [1.807, 2.05) is 6.07 Å². The number of hydrogen-bond donors (Lipinski definition) is 1. The van der Waals surface area contributed by atoms with Crippen LogP contribution in [0.3, 0.4) is 0 Å². The summed E-state index contributed by atoms with van der Waals surface area (Å²) in [6, 6.07) is 6.19. The molecule has 1 aromatic rings. The van der Waals surface area contributed by atoms with E-state index < -0.39 is 0 Å². The molecule has 0 amide bonds. The number of nitrogens with zero attached hydrogens (tertiary/aromatic N) is 1. The topological polar surface area (TPSA) is 29.3 Å². The predicted molar refractivity (Wildman–Crippen MR) is 76.8 cm³/mol. The van der Waals surface area contributed by atoms with Crippen molar-refractivity contribution in [3.63, 3.8) is 0 Å². The van der Waals surface area contributed by atoms with Crippen molar-refractivity contribution >= 4 is 21.6 Å². The van der Waals surface area contributed by atoms with Crippen molar-refractivity contribution in [2.75, 3.05) is 18.8 Å². The standard InChI is InChI=1S/C14H21BrN2/c1-10(2)12-3-4-17(9-12)8-11-5-13(15)7-14(16)6-11/h5-7,10,12H,3-4,8-9,16H2,1-2H3. The lowest BCUT2D eigenvalue weighted by molar-refractivity contribution is 0.297. The van der Waals surface area contributed by atoms with Crippen LogP contribution in [0.15, 0.2) is 22.7 Å². The minimum absolute atomic E-state index is 0.799. The SMILES string of the molecule is CC(C)C1CCN(Cc2cc(N)cc(Br)c2)C1. The van der Waals surface area contributed by atoms with Gasteiger partial charge in [0.15, 0.2) is 0 Å². The Morgan fingerprint density at radius 2 is 2.18 bits per heavy atom. The fourth-order valence-electron chi connectivity index (χ4n) is 2.58. The summed E-state index contributed by atoms with van der Waals surface area (Å²) >= 11 is 3.50. The van der Waals surface area contributed by atoms with Crippen LogP contribution < -0.4 is 5.73 Å². The molecule has 0 aromatic heterocycles. The predicted octanol–water partition coefficient (Wildman–Crippen LogP) is 3.51. The molecule has 1 heterocycles. The summed E-state index contributed by atoms with van der Waals surface area (Å²) in [5.41, 5.74) is 8.01. The Kier molecular flexibility index (Phi) is 4.10. The van der Waals surface area contributed by atoms with Crippen molar-refractivity contribution in [3.05, 3.63) is 28.2 Å². The zero-order valence-corrected chi connectivity index (χ0v) is 12.2. The molecule has 0 spiro atoms. The van der Waals surface area contributed by atoms with Gasteiger partial charge in [-0.1, -0.05) is 29.8 Å². The first-order valence-electron chi connectivity index (χ1n) is 6.32. The van der Waals surface area contributed by atoms with Crippen molar-refractivity contribution < 1.29 is 0 Å². The van der Waals surface area contributed by atoms with Gasteiger partial charge in [-0.15, -0.1) is 0 Å². The monoisotopic (exact) mass is 296 g/mol. The lowest BCUT2D eigenvalue weighted by atomic mass is 9.95. The van der Waals surface area contributed by atoms with Crippen molar-refractivity contribution in [2.24, 2.45) is 11.8 Å². The van der Waals surface area contributed by atoms with Crippen LogP contribution in [0.25, 0.3) is 0 Å². The molecule has 2 N–H and O–H groups in total. The summed E-state index contributed by atoms with van der Waals surface area (Å²) in [5, 5.41) is 0. The Hall–Kier alpha value is -0.540. The van der Waals surface area contributed by atoms with E-state index in [1.54, 1.807) is 0 Å². The lowest BCUT2D eigenvalue weighted by Crippen LogP contribution is -2.21. The van der Waals surface area contributed by atoms with Gasteiger partial charge < -0.3 is 5.73 Å². The van der Waals surface area contributed by atoms with Crippen LogP contribution in [0, 0.1) is 11.8 Å². The van der Waals surface area contributed by atoms with Crippen molar-refractivity contribution in [2.45, 2.75) is 26.8 Å². The molecule has 1 atom stereocenters. The molecule has 2 rings (SSSR count). The zero-order chi connectivity index (χ0) is 12.4. The largest absolute Gasteiger partial charge is 0.399 e. The van der Waals surface area contributed by atoms with Gasteiger partial charge in [-0.2, -0.15) is 0 Å². The van der Waals surface area contributed by atoms with Crippen LogP contribution in [0.2, 0.25) is 0 Å². The Bertz CT molecular complexity index is 370. The van der Waals surface area contributed by atoms with Crippen LogP contribution in [0.5, 0.6) is 0 Å². The zero-order valence-electron chi connectivity index (χ0n) is 10.6. The summed E-state index contributed by atoms with van der Waals surface area (Å²) in [4.78, 5) is 2.53.